The number of amides is 1. The van der Waals surface area contributed by atoms with E-state index < -0.39 is 0 Å². The fourth-order valence-electron chi connectivity index (χ4n) is 2.61. The van der Waals surface area contributed by atoms with Crippen LogP contribution in [0.4, 0.5) is 0 Å². The quantitative estimate of drug-likeness (QED) is 0.847. The molecule has 20 heavy (non-hydrogen) atoms. The molecule has 1 aliphatic rings. The highest BCUT2D eigenvalue weighted by atomic mass is 32.2. The summed E-state index contributed by atoms with van der Waals surface area (Å²) in [6, 6.07) is 8.37. The molecule has 2 atom stereocenters. The third kappa shape index (κ3) is 4.84. The van der Waals surface area contributed by atoms with Gasteiger partial charge in [-0.3, -0.25) is 4.79 Å². The molecule has 1 amide bonds. The van der Waals surface area contributed by atoms with Gasteiger partial charge in [-0.2, -0.15) is 0 Å². The zero-order chi connectivity index (χ0) is 14.4. The number of aliphatic hydroxyl groups excluding tert-OH is 1. The molecule has 1 saturated carbocycles. The zero-order valence-corrected chi connectivity index (χ0v) is 12.8. The van der Waals surface area contributed by atoms with E-state index in [0.717, 1.165) is 25.0 Å². The van der Waals surface area contributed by atoms with Gasteiger partial charge in [0, 0.05) is 18.2 Å². The van der Waals surface area contributed by atoms with Crippen LogP contribution in [0.15, 0.2) is 24.3 Å². The molecular formula is C16H23NO2S. The first kappa shape index (κ1) is 15.4. The van der Waals surface area contributed by atoms with E-state index >= 15 is 0 Å². The maximum atomic E-state index is 11.8. The van der Waals surface area contributed by atoms with Crippen LogP contribution in [0.3, 0.4) is 0 Å². The predicted molar refractivity (Wildman–Crippen MR) is 83.7 cm³/mol. The van der Waals surface area contributed by atoms with Crippen molar-refractivity contribution in [1.29, 1.82) is 0 Å². The number of aryl methyl sites for hydroxylation is 1. The maximum Gasteiger partial charge on any atom is 0.230 e. The molecule has 0 aliphatic heterocycles. The number of hydrogen-bond donors (Lipinski definition) is 2. The van der Waals surface area contributed by atoms with Gasteiger partial charge in [-0.1, -0.05) is 36.2 Å². The van der Waals surface area contributed by atoms with Crippen molar-refractivity contribution >= 4 is 17.7 Å². The second-order valence-corrected chi connectivity index (χ2v) is 6.53. The maximum absolute atomic E-state index is 11.8. The smallest absolute Gasteiger partial charge is 0.230 e. The van der Waals surface area contributed by atoms with Crippen molar-refractivity contribution in [1.82, 2.24) is 5.32 Å². The Morgan fingerprint density at radius 3 is 3.00 bits per heavy atom. The van der Waals surface area contributed by atoms with E-state index in [-0.39, 0.29) is 17.9 Å². The number of rotatable bonds is 6. The topological polar surface area (TPSA) is 49.3 Å². The molecule has 1 fully saturated rings. The standard InChI is InChI=1S/C16H23NO2S/c1-12-4-2-5-13(8-12)10-20-11-16(19)17-9-14-6-3-7-15(14)18/h2,4-5,8,14-15,18H,3,6-7,9-11H2,1H3,(H,17,19). The molecular weight excluding hydrogens is 270 g/mol. The minimum atomic E-state index is -0.227. The zero-order valence-electron chi connectivity index (χ0n) is 12.0. The Morgan fingerprint density at radius 2 is 2.30 bits per heavy atom. The van der Waals surface area contributed by atoms with Crippen molar-refractivity contribution in [2.24, 2.45) is 5.92 Å². The summed E-state index contributed by atoms with van der Waals surface area (Å²) in [5, 5.41) is 12.6. The molecule has 1 aromatic carbocycles. The first-order chi connectivity index (χ1) is 9.65. The summed E-state index contributed by atoms with van der Waals surface area (Å²) in [6.45, 7) is 2.69. The number of hydrogen-bond acceptors (Lipinski definition) is 3. The fraction of sp³-hybridized carbons (Fsp3) is 0.562. The van der Waals surface area contributed by atoms with Gasteiger partial charge in [0.2, 0.25) is 5.91 Å². The molecule has 2 unspecified atom stereocenters. The van der Waals surface area contributed by atoms with E-state index in [9.17, 15) is 9.90 Å². The van der Waals surface area contributed by atoms with E-state index in [0.29, 0.717) is 12.3 Å². The lowest BCUT2D eigenvalue weighted by atomic mass is 10.1. The summed E-state index contributed by atoms with van der Waals surface area (Å²) in [5.74, 6) is 1.67. The summed E-state index contributed by atoms with van der Waals surface area (Å²) in [6.07, 6.45) is 2.75. The van der Waals surface area contributed by atoms with Crippen LogP contribution < -0.4 is 5.32 Å². The van der Waals surface area contributed by atoms with Crippen LogP contribution in [0.1, 0.15) is 30.4 Å². The van der Waals surface area contributed by atoms with Gasteiger partial charge in [0.05, 0.1) is 11.9 Å². The molecule has 1 aromatic rings. The number of carbonyl (C=O) groups excluding carboxylic acids is 1. The second kappa shape index (κ2) is 7.70. The SMILES string of the molecule is Cc1cccc(CSCC(=O)NCC2CCCC2O)c1. The fourth-order valence-corrected chi connectivity index (χ4v) is 3.42. The highest BCUT2D eigenvalue weighted by Crippen LogP contribution is 2.24. The van der Waals surface area contributed by atoms with Crippen molar-refractivity contribution in [3.63, 3.8) is 0 Å². The molecule has 0 bridgehead atoms. The lowest BCUT2D eigenvalue weighted by molar-refractivity contribution is -0.118. The van der Waals surface area contributed by atoms with E-state index in [1.54, 1.807) is 11.8 Å². The summed E-state index contributed by atoms with van der Waals surface area (Å²) >= 11 is 1.63. The van der Waals surface area contributed by atoms with Gasteiger partial charge >= 0.3 is 0 Å². The molecule has 0 heterocycles. The Balaban J connectivity index is 1.63. The third-order valence-electron chi connectivity index (χ3n) is 3.76. The van der Waals surface area contributed by atoms with E-state index in [1.165, 1.54) is 11.1 Å². The third-order valence-corrected chi connectivity index (χ3v) is 4.77. The van der Waals surface area contributed by atoms with Gasteiger partial charge in [-0.05, 0) is 25.3 Å². The van der Waals surface area contributed by atoms with Gasteiger partial charge in [0.25, 0.3) is 0 Å². The van der Waals surface area contributed by atoms with Gasteiger partial charge < -0.3 is 10.4 Å². The number of benzene rings is 1. The number of carbonyl (C=O) groups is 1. The average molecular weight is 293 g/mol. The van der Waals surface area contributed by atoms with Crippen LogP contribution in [0.2, 0.25) is 0 Å². The van der Waals surface area contributed by atoms with Crippen LogP contribution >= 0.6 is 11.8 Å². The summed E-state index contributed by atoms with van der Waals surface area (Å²) in [7, 11) is 0. The highest BCUT2D eigenvalue weighted by molar-refractivity contribution is 7.99. The van der Waals surface area contributed by atoms with Crippen molar-refractivity contribution in [3.05, 3.63) is 35.4 Å². The summed E-state index contributed by atoms with van der Waals surface area (Å²) in [4.78, 5) is 11.8. The molecule has 0 aromatic heterocycles. The van der Waals surface area contributed by atoms with Gasteiger partial charge in [-0.25, -0.2) is 0 Å². The van der Waals surface area contributed by atoms with Crippen LogP contribution in [0, 0.1) is 12.8 Å². The average Bonchev–Trinajstić information content (AvgIpc) is 2.82. The lowest BCUT2D eigenvalue weighted by Gasteiger charge is -2.14. The number of aliphatic hydroxyl groups is 1. The van der Waals surface area contributed by atoms with Crippen LogP contribution in [-0.2, 0) is 10.5 Å². The molecule has 2 N–H and O–H groups in total. The van der Waals surface area contributed by atoms with Crippen molar-refractivity contribution in [2.45, 2.75) is 38.0 Å². The molecule has 4 heteroatoms. The Labute approximate surface area is 125 Å². The van der Waals surface area contributed by atoms with Crippen LogP contribution in [0.5, 0.6) is 0 Å². The molecule has 110 valence electrons. The monoisotopic (exact) mass is 293 g/mol. The van der Waals surface area contributed by atoms with E-state index in [1.807, 2.05) is 6.07 Å². The first-order valence-electron chi connectivity index (χ1n) is 7.23. The molecule has 0 saturated heterocycles. The molecule has 0 spiro atoms. The first-order valence-corrected chi connectivity index (χ1v) is 8.38. The van der Waals surface area contributed by atoms with Gasteiger partial charge in [-0.15, -0.1) is 11.8 Å². The molecule has 3 nitrogen and oxygen atoms in total. The van der Waals surface area contributed by atoms with Crippen molar-refractivity contribution < 1.29 is 9.90 Å². The number of thioether (sulfide) groups is 1. The molecule has 1 aliphatic carbocycles. The summed E-state index contributed by atoms with van der Waals surface area (Å²) in [5.41, 5.74) is 2.51. The van der Waals surface area contributed by atoms with E-state index in [4.69, 9.17) is 0 Å². The van der Waals surface area contributed by atoms with Gasteiger partial charge in [0.15, 0.2) is 0 Å². The van der Waals surface area contributed by atoms with Gasteiger partial charge in [0.1, 0.15) is 0 Å². The largest absolute Gasteiger partial charge is 0.393 e. The summed E-state index contributed by atoms with van der Waals surface area (Å²) < 4.78 is 0. The van der Waals surface area contributed by atoms with Crippen molar-refractivity contribution in [3.8, 4) is 0 Å². The Hall–Kier alpha value is -1.00. The van der Waals surface area contributed by atoms with Crippen molar-refractivity contribution in [2.75, 3.05) is 12.3 Å². The Kier molecular flexibility index (Phi) is 5.92. The normalized spacial score (nSPS) is 21.9. The Morgan fingerprint density at radius 1 is 1.45 bits per heavy atom. The second-order valence-electron chi connectivity index (χ2n) is 5.54. The molecule has 2 rings (SSSR count). The Bertz CT molecular complexity index is 450. The van der Waals surface area contributed by atoms with Crippen LogP contribution in [0.25, 0.3) is 0 Å². The minimum Gasteiger partial charge on any atom is -0.393 e. The number of nitrogens with one attached hydrogen (secondary N) is 1. The molecule has 0 radical (unpaired) electrons. The minimum absolute atomic E-state index is 0.0711. The van der Waals surface area contributed by atoms with E-state index in [2.05, 4.69) is 30.4 Å². The highest BCUT2D eigenvalue weighted by Gasteiger charge is 2.25. The lowest BCUT2D eigenvalue weighted by Crippen LogP contribution is -2.33. The predicted octanol–water partition coefficient (Wildman–Crippen LogP) is 2.51. The van der Waals surface area contributed by atoms with Crippen LogP contribution in [-0.4, -0.2) is 29.4 Å².